The van der Waals surface area contributed by atoms with Crippen molar-refractivity contribution in [2.75, 3.05) is 0 Å². The number of fused-ring (bicyclic) bond motifs is 5. The van der Waals surface area contributed by atoms with Gasteiger partial charge in [0.2, 0.25) is 0 Å². The summed E-state index contributed by atoms with van der Waals surface area (Å²) >= 11 is 0. The molecule has 0 heterocycles. The number of hydrogen-bond donors (Lipinski definition) is 0. The largest absolute Gasteiger partial charge is 0.299 e. The maximum atomic E-state index is 12.4. The molecule has 0 aromatic carbocycles. The Labute approximate surface area is 123 Å². The van der Waals surface area contributed by atoms with Crippen molar-refractivity contribution in [2.45, 2.75) is 71.6 Å². The third-order valence-corrected chi connectivity index (χ3v) is 7.73. The number of hydrogen-bond acceptors (Lipinski definition) is 1. The molecular weight excluding hydrogens is 244 g/mol. The van der Waals surface area contributed by atoms with Crippen LogP contribution in [0.25, 0.3) is 0 Å². The van der Waals surface area contributed by atoms with Gasteiger partial charge in [0.25, 0.3) is 0 Å². The minimum Gasteiger partial charge on any atom is -0.299 e. The molecule has 1 heteroatoms. The summed E-state index contributed by atoms with van der Waals surface area (Å²) in [4.78, 5) is 12.4. The SMILES string of the molecule is C[C@]12CCCCC1=CC[C@@H]1[C@@H]2CC[C@]2(C)C(=O)CC[C@@H]12. The summed E-state index contributed by atoms with van der Waals surface area (Å²) in [6.45, 7) is 4.83. The molecule has 0 radical (unpaired) electrons. The molecule has 20 heavy (non-hydrogen) atoms. The third-order valence-electron chi connectivity index (χ3n) is 7.73. The topological polar surface area (TPSA) is 17.1 Å². The normalized spacial score (nSPS) is 51.0. The fourth-order valence-electron chi connectivity index (χ4n) is 6.47. The maximum Gasteiger partial charge on any atom is 0.139 e. The van der Waals surface area contributed by atoms with Gasteiger partial charge in [-0.3, -0.25) is 4.79 Å². The van der Waals surface area contributed by atoms with Gasteiger partial charge in [-0.15, -0.1) is 0 Å². The van der Waals surface area contributed by atoms with Crippen molar-refractivity contribution in [1.29, 1.82) is 0 Å². The number of carbonyl (C=O) groups excluding carboxylic acids is 1. The second-order valence-electron chi connectivity index (χ2n) is 8.38. The lowest BCUT2D eigenvalue weighted by Crippen LogP contribution is -2.49. The predicted octanol–water partition coefficient (Wildman–Crippen LogP) is 4.91. The van der Waals surface area contributed by atoms with Crippen molar-refractivity contribution < 1.29 is 4.79 Å². The summed E-state index contributed by atoms with van der Waals surface area (Å²) in [6.07, 6.45) is 13.9. The lowest BCUT2D eigenvalue weighted by Gasteiger charge is -2.56. The number of rotatable bonds is 0. The minimum atomic E-state index is 0.0392. The van der Waals surface area contributed by atoms with Crippen molar-refractivity contribution in [3.63, 3.8) is 0 Å². The van der Waals surface area contributed by atoms with E-state index < -0.39 is 0 Å². The first kappa shape index (κ1) is 13.1. The standard InChI is InChI=1S/C19H28O/c1-18-11-4-3-5-13(18)6-7-14-15-8-9-17(20)19(15,2)12-10-16(14)18/h6,14-16H,3-5,7-12H2,1-2H3/t14-,15-,16-,18-,19-/m0/s1. The molecule has 3 saturated carbocycles. The second kappa shape index (κ2) is 4.21. The van der Waals surface area contributed by atoms with Crippen molar-refractivity contribution >= 4 is 5.78 Å². The molecule has 4 aliphatic carbocycles. The van der Waals surface area contributed by atoms with E-state index in [-0.39, 0.29) is 5.41 Å². The van der Waals surface area contributed by atoms with Gasteiger partial charge in [0, 0.05) is 11.8 Å². The van der Waals surface area contributed by atoms with E-state index in [2.05, 4.69) is 19.9 Å². The van der Waals surface area contributed by atoms with E-state index in [4.69, 9.17) is 0 Å². The monoisotopic (exact) mass is 272 g/mol. The van der Waals surface area contributed by atoms with Gasteiger partial charge < -0.3 is 0 Å². The molecule has 5 atom stereocenters. The van der Waals surface area contributed by atoms with Crippen LogP contribution >= 0.6 is 0 Å². The summed E-state index contributed by atoms with van der Waals surface area (Å²) in [7, 11) is 0. The average molecular weight is 272 g/mol. The van der Waals surface area contributed by atoms with Crippen molar-refractivity contribution in [3.8, 4) is 0 Å². The zero-order chi connectivity index (χ0) is 14.0. The highest BCUT2D eigenvalue weighted by Gasteiger charge is 2.58. The van der Waals surface area contributed by atoms with E-state index in [0.717, 1.165) is 18.3 Å². The molecule has 0 bridgehead atoms. The van der Waals surface area contributed by atoms with E-state index in [1.807, 2.05) is 0 Å². The molecule has 0 aliphatic heterocycles. The molecule has 0 aromatic heterocycles. The van der Waals surface area contributed by atoms with E-state index in [1.54, 1.807) is 5.57 Å². The summed E-state index contributed by atoms with van der Waals surface area (Å²) in [6, 6.07) is 0. The Balaban J connectivity index is 1.71. The van der Waals surface area contributed by atoms with E-state index in [1.165, 1.54) is 51.4 Å². The second-order valence-corrected chi connectivity index (χ2v) is 8.38. The molecule has 110 valence electrons. The molecule has 4 rings (SSSR count). The molecule has 0 amide bonds. The zero-order valence-electron chi connectivity index (χ0n) is 13.1. The van der Waals surface area contributed by atoms with Gasteiger partial charge in [-0.05, 0) is 68.1 Å². The Morgan fingerprint density at radius 3 is 2.65 bits per heavy atom. The Morgan fingerprint density at radius 1 is 1.00 bits per heavy atom. The Hall–Kier alpha value is -0.590. The zero-order valence-corrected chi connectivity index (χ0v) is 13.1. The van der Waals surface area contributed by atoms with Crippen LogP contribution in [0.1, 0.15) is 71.6 Å². The average Bonchev–Trinajstić information content (AvgIpc) is 2.74. The molecule has 1 nitrogen and oxygen atoms in total. The van der Waals surface area contributed by atoms with Crippen molar-refractivity contribution in [1.82, 2.24) is 0 Å². The first-order valence-corrected chi connectivity index (χ1v) is 8.78. The van der Waals surface area contributed by atoms with Gasteiger partial charge in [-0.25, -0.2) is 0 Å². The van der Waals surface area contributed by atoms with E-state index in [0.29, 0.717) is 17.1 Å². The minimum absolute atomic E-state index is 0.0392. The third kappa shape index (κ3) is 1.53. The van der Waals surface area contributed by atoms with E-state index >= 15 is 0 Å². The fourth-order valence-corrected chi connectivity index (χ4v) is 6.47. The van der Waals surface area contributed by atoms with Gasteiger partial charge in [-0.1, -0.05) is 31.9 Å². The maximum absolute atomic E-state index is 12.4. The van der Waals surface area contributed by atoms with E-state index in [9.17, 15) is 4.79 Å². The molecule has 0 aromatic rings. The van der Waals surface area contributed by atoms with Crippen LogP contribution in [0.2, 0.25) is 0 Å². The molecule has 0 saturated heterocycles. The van der Waals surface area contributed by atoms with Crippen molar-refractivity contribution in [3.05, 3.63) is 11.6 Å². The van der Waals surface area contributed by atoms with Crippen LogP contribution in [-0.4, -0.2) is 5.78 Å². The highest BCUT2D eigenvalue weighted by atomic mass is 16.1. The summed E-state index contributed by atoms with van der Waals surface area (Å²) in [5.74, 6) is 2.92. The summed E-state index contributed by atoms with van der Waals surface area (Å²) < 4.78 is 0. The molecule has 3 fully saturated rings. The molecule has 0 unspecified atom stereocenters. The highest BCUT2D eigenvalue weighted by Crippen LogP contribution is 2.63. The number of allylic oxidation sites excluding steroid dienone is 2. The fraction of sp³-hybridized carbons (Fsp3) is 0.842. The lowest BCUT2D eigenvalue weighted by atomic mass is 9.48. The number of ketones is 1. The Kier molecular flexibility index (Phi) is 2.76. The Morgan fingerprint density at radius 2 is 1.80 bits per heavy atom. The number of carbonyl (C=O) groups is 1. The first-order valence-electron chi connectivity index (χ1n) is 8.78. The van der Waals surface area contributed by atoms with Crippen LogP contribution in [0.15, 0.2) is 11.6 Å². The summed E-state index contributed by atoms with van der Waals surface area (Å²) in [5, 5.41) is 0. The lowest BCUT2D eigenvalue weighted by molar-refractivity contribution is -0.131. The van der Waals surface area contributed by atoms with Crippen LogP contribution in [0, 0.1) is 28.6 Å². The summed E-state index contributed by atoms with van der Waals surface area (Å²) in [5.41, 5.74) is 2.30. The van der Waals surface area contributed by atoms with Gasteiger partial charge in [0.1, 0.15) is 5.78 Å². The molecule has 0 N–H and O–H groups in total. The van der Waals surface area contributed by atoms with Crippen LogP contribution in [-0.2, 0) is 4.79 Å². The predicted molar refractivity (Wildman–Crippen MR) is 81.3 cm³/mol. The van der Waals surface area contributed by atoms with Crippen LogP contribution in [0.5, 0.6) is 0 Å². The van der Waals surface area contributed by atoms with Crippen LogP contribution in [0.3, 0.4) is 0 Å². The highest BCUT2D eigenvalue weighted by molar-refractivity contribution is 5.87. The first-order chi connectivity index (χ1) is 9.56. The van der Waals surface area contributed by atoms with Gasteiger partial charge in [-0.2, -0.15) is 0 Å². The van der Waals surface area contributed by atoms with Gasteiger partial charge in [0.05, 0.1) is 0 Å². The van der Waals surface area contributed by atoms with Crippen LogP contribution in [0.4, 0.5) is 0 Å². The van der Waals surface area contributed by atoms with Crippen molar-refractivity contribution in [2.24, 2.45) is 28.6 Å². The van der Waals surface area contributed by atoms with Gasteiger partial charge >= 0.3 is 0 Å². The van der Waals surface area contributed by atoms with Crippen LogP contribution < -0.4 is 0 Å². The Bertz CT molecular complexity index is 476. The smallest absolute Gasteiger partial charge is 0.139 e. The molecule has 4 aliphatic rings. The van der Waals surface area contributed by atoms with Gasteiger partial charge in [0.15, 0.2) is 0 Å². The molecule has 0 spiro atoms. The quantitative estimate of drug-likeness (QED) is 0.573. The number of Topliss-reactive ketones (excluding diaryl/α,β-unsaturated/α-hetero) is 1. The molecular formula is C19H28O.